The first-order chi connectivity index (χ1) is 10.6. The van der Waals surface area contributed by atoms with Crippen molar-refractivity contribution >= 4 is 21.6 Å². The molecule has 5 heteroatoms. The second kappa shape index (κ2) is 6.41. The van der Waals surface area contributed by atoms with E-state index in [1.54, 1.807) is 22.5 Å². The van der Waals surface area contributed by atoms with Gasteiger partial charge >= 0.3 is 0 Å². The Hall–Kier alpha value is -1.36. The molecule has 1 heterocycles. The van der Waals surface area contributed by atoms with E-state index >= 15 is 0 Å². The molecule has 1 atom stereocenters. The highest BCUT2D eigenvalue weighted by molar-refractivity contribution is 7.88. The van der Waals surface area contributed by atoms with E-state index in [2.05, 4.69) is 12.1 Å². The fraction of sp³-hybridized carbons (Fsp3) is 0.294. The van der Waals surface area contributed by atoms with Crippen LogP contribution in [0.4, 0.5) is 0 Å². The molecule has 0 unspecified atom stereocenters. The minimum atomic E-state index is -3.33. The highest BCUT2D eigenvalue weighted by Gasteiger charge is 2.32. The summed E-state index contributed by atoms with van der Waals surface area (Å²) in [6, 6.07) is 17.2. The summed E-state index contributed by atoms with van der Waals surface area (Å²) >= 11 is 6.08. The molecule has 0 saturated carbocycles. The van der Waals surface area contributed by atoms with Crippen molar-refractivity contribution in [3.05, 3.63) is 70.7 Å². The molecule has 1 aliphatic rings. The Bertz CT molecular complexity index is 746. The fourth-order valence-electron chi connectivity index (χ4n) is 2.88. The molecular formula is C17H18ClNO2S. The van der Waals surface area contributed by atoms with Crippen molar-refractivity contribution in [3.63, 3.8) is 0 Å². The van der Waals surface area contributed by atoms with Crippen LogP contribution in [-0.2, 0) is 15.8 Å². The summed E-state index contributed by atoms with van der Waals surface area (Å²) in [5, 5.41) is 0.505. The van der Waals surface area contributed by atoms with Gasteiger partial charge in [-0.25, -0.2) is 12.7 Å². The third-order valence-electron chi connectivity index (χ3n) is 4.11. The predicted molar refractivity (Wildman–Crippen MR) is 89.4 cm³/mol. The lowest BCUT2D eigenvalue weighted by atomic mass is 9.99. The van der Waals surface area contributed by atoms with E-state index in [0.717, 1.165) is 6.42 Å². The minimum absolute atomic E-state index is 0.0335. The van der Waals surface area contributed by atoms with Crippen molar-refractivity contribution in [2.45, 2.75) is 18.1 Å². The maximum atomic E-state index is 12.6. The van der Waals surface area contributed by atoms with Crippen LogP contribution in [0.25, 0.3) is 0 Å². The van der Waals surface area contributed by atoms with Crippen molar-refractivity contribution in [1.82, 2.24) is 4.31 Å². The fourth-order valence-corrected chi connectivity index (χ4v) is 4.78. The predicted octanol–water partition coefficient (Wildman–Crippen LogP) is 3.66. The first-order valence-corrected chi connectivity index (χ1v) is 9.31. The Balaban J connectivity index is 1.73. The van der Waals surface area contributed by atoms with Crippen molar-refractivity contribution in [1.29, 1.82) is 0 Å². The molecule has 0 spiro atoms. The summed E-state index contributed by atoms with van der Waals surface area (Å²) < 4.78 is 26.8. The number of hydrogen-bond donors (Lipinski definition) is 0. The Labute approximate surface area is 136 Å². The lowest BCUT2D eigenvalue weighted by molar-refractivity contribution is 0.472. The number of sulfonamides is 1. The SMILES string of the molecule is O=S(=O)(Cc1ccccc1Cl)N1CC[C@H](c2ccccc2)C1. The Morgan fingerprint density at radius 1 is 1.05 bits per heavy atom. The van der Waals surface area contributed by atoms with E-state index in [-0.39, 0.29) is 11.7 Å². The number of rotatable bonds is 4. The zero-order valence-corrected chi connectivity index (χ0v) is 13.7. The van der Waals surface area contributed by atoms with Gasteiger partial charge in [0, 0.05) is 18.1 Å². The minimum Gasteiger partial charge on any atom is -0.212 e. The van der Waals surface area contributed by atoms with Gasteiger partial charge in [0.1, 0.15) is 0 Å². The zero-order chi connectivity index (χ0) is 15.6. The highest BCUT2D eigenvalue weighted by atomic mass is 35.5. The normalized spacial score (nSPS) is 19.4. The van der Waals surface area contributed by atoms with Crippen LogP contribution in [0.3, 0.4) is 0 Å². The van der Waals surface area contributed by atoms with Gasteiger partial charge in [-0.2, -0.15) is 0 Å². The van der Waals surface area contributed by atoms with Gasteiger partial charge in [0.25, 0.3) is 0 Å². The van der Waals surface area contributed by atoms with Gasteiger partial charge in [0.05, 0.1) is 5.75 Å². The second-order valence-electron chi connectivity index (χ2n) is 5.60. The lowest BCUT2D eigenvalue weighted by Gasteiger charge is -2.17. The number of nitrogens with zero attached hydrogens (tertiary/aromatic N) is 1. The number of halogens is 1. The van der Waals surface area contributed by atoms with Crippen molar-refractivity contribution in [3.8, 4) is 0 Å². The van der Waals surface area contributed by atoms with Gasteiger partial charge < -0.3 is 0 Å². The molecule has 22 heavy (non-hydrogen) atoms. The average molecular weight is 336 g/mol. The van der Waals surface area contributed by atoms with E-state index in [9.17, 15) is 8.42 Å². The molecule has 116 valence electrons. The van der Waals surface area contributed by atoms with Gasteiger partial charge in [-0.3, -0.25) is 0 Å². The van der Waals surface area contributed by atoms with E-state index in [0.29, 0.717) is 23.7 Å². The van der Waals surface area contributed by atoms with Crippen LogP contribution in [-0.4, -0.2) is 25.8 Å². The van der Waals surface area contributed by atoms with Crippen molar-refractivity contribution in [2.75, 3.05) is 13.1 Å². The molecule has 0 aromatic heterocycles. The standard InChI is InChI=1S/C17H18ClNO2S/c18-17-9-5-4-8-16(17)13-22(20,21)19-11-10-15(12-19)14-6-2-1-3-7-14/h1-9,15H,10-13H2/t15-/m0/s1. The summed E-state index contributed by atoms with van der Waals surface area (Å²) in [7, 11) is -3.33. The molecule has 1 saturated heterocycles. The van der Waals surface area contributed by atoms with Crippen molar-refractivity contribution in [2.24, 2.45) is 0 Å². The molecule has 0 amide bonds. The van der Waals surface area contributed by atoms with Gasteiger partial charge in [0.2, 0.25) is 10.0 Å². The molecule has 0 radical (unpaired) electrons. The molecule has 3 nitrogen and oxygen atoms in total. The number of benzene rings is 2. The van der Waals surface area contributed by atoms with Crippen LogP contribution in [0.1, 0.15) is 23.5 Å². The van der Waals surface area contributed by atoms with Crippen LogP contribution < -0.4 is 0 Å². The van der Waals surface area contributed by atoms with Gasteiger partial charge in [-0.05, 0) is 29.5 Å². The molecule has 2 aromatic carbocycles. The second-order valence-corrected chi connectivity index (χ2v) is 7.98. The van der Waals surface area contributed by atoms with Crippen LogP contribution in [0.15, 0.2) is 54.6 Å². The summed E-state index contributed by atoms with van der Waals surface area (Å²) in [6.07, 6.45) is 0.867. The van der Waals surface area contributed by atoms with Gasteiger partial charge in [-0.15, -0.1) is 0 Å². The summed E-state index contributed by atoms with van der Waals surface area (Å²) in [5.74, 6) is 0.246. The van der Waals surface area contributed by atoms with Crippen LogP contribution >= 0.6 is 11.6 Å². The largest absolute Gasteiger partial charge is 0.218 e. The molecule has 2 aromatic rings. The van der Waals surface area contributed by atoms with E-state index in [4.69, 9.17) is 11.6 Å². The third kappa shape index (κ3) is 3.35. The first-order valence-electron chi connectivity index (χ1n) is 7.32. The smallest absolute Gasteiger partial charge is 0.212 e. The Morgan fingerprint density at radius 2 is 1.73 bits per heavy atom. The van der Waals surface area contributed by atoms with Crippen LogP contribution in [0.5, 0.6) is 0 Å². The molecular weight excluding hydrogens is 318 g/mol. The highest BCUT2D eigenvalue weighted by Crippen LogP contribution is 2.30. The first kappa shape index (κ1) is 15.5. The molecule has 1 aliphatic heterocycles. The molecule has 1 fully saturated rings. The molecule has 0 aliphatic carbocycles. The van der Waals surface area contributed by atoms with Gasteiger partial charge in [-0.1, -0.05) is 60.1 Å². The Kier molecular flexibility index (Phi) is 4.52. The Morgan fingerprint density at radius 3 is 2.45 bits per heavy atom. The van der Waals surface area contributed by atoms with Crippen LogP contribution in [0, 0.1) is 0 Å². The molecule has 0 N–H and O–H groups in total. The average Bonchev–Trinajstić information content (AvgIpc) is 3.01. The van der Waals surface area contributed by atoms with Gasteiger partial charge in [0.15, 0.2) is 0 Å². The quantitative estimate of drug-likeness (QED) is 0.855. The summed E-state index contributed by atoms with van der Waals surface area (Å²) in [5.41, 5.74) is 1.87. The topological polar surface area (TPSA) is 37.4 Å². The van der Waals surface area contributed by atoms with Crippen molar-refractivity contribution < 1.29 is 8.42 Å². The number of hydrogen-bond acceptors (Lipinski definition) is 2. The maximum absolute atomic E-state index is 12.6. The molecule has 3 rings (SSSR count). The van der Waals surface area contributed by atoms with E-state index in [1.165, 1.54) is 5.56 Å². The van der Waals surface area contributed by atoms with E-state index in [1.807, 2.05) is 24.3 Å². The summed E-state index contributed by atoms with van der Waals surface area (Å²) in [4.78, 5) is 0. The maximum Gasteiger partial charge on any atom is 0.218 e. The third-order valence-corrected chi connectivity index (χ3v) is 6.27. The zero-order valence-electron chi connectivity index (χ0n) is 12.2. The summed E-state index contributed by atoms with van der Waals surface area (Å²) in [6.45, 7) is 1.13. The van der Waals surface area contributed by atoms with E-state index < -0.39 is 10.0 Å². The van der Waals surface area contributed by atoms with Crippen LogP contribution in [0.2, 0.25) is 5.02 Å². The lowest BCUT2D eigenvalue weighted by Crippen LogP contribution is -2.29. The molecule has 0 bridgehead atoms. The monoisotopic (exact) mass is 335 g/mol.